The van der Waals surface area contributed by atoms with Crippen LogP contribution in [0.4, 0.5) is 11.5 Å². The van der Waals surface area contributed by atoms with Crippen LogP contribution in [0.15, 0.2) is 34.8 Å². The smallest absolute Gasteiger partial charge is 0.339 e. The summed E-state index contributed by atoms with van der Waals surface area (Å²) in [5.74, 6) is -0.978. The van der Waals surface area contributed by atoms with Crippen molar-refractivity contribution in [3.63, 3.8) is 0 Å². The van der Waals surface area contributed by atoms with Crippen molar-refractivity contribution in [3.05, 3.63) is 45.5 Å². The Morgan fingerprint density at radius 2 is 2.11 bits per heavy atom. The first-order valence-corrected chi connectivity index (χ1v) is 6.02. The molecule has 0 atom stereocenters. The lowest BCUT2D eigenvalue weighted by molar-refractivity contribution is 0.0697. The van der Waals surface area contributed by atoms with Crippen LogP contribution < -0.4 is 5.32 Å². The van der Waals surface area contributed by atoms with Gasteiger partial charge in [0.25, 0.3) is 0 Å². The Labute approximate surface area is 116 Å². The molecule has 2 rings (SSSR count). The van der Waals surface area contributed by atoms with Crippen LogP contribution in [0.25, 0.3) is 0 Å². The number of nitrogens with one attached hydrogen (secondary N) is 1. The molecule has 0 aliphatic carbocycles. The number of hydrogen-bond donors (Lipinski definition) is 2. The number of rotatable bonds is 3. The normalized spacial score (nSPS) is 10.1. The Kier molecular flexibility index (Phi) is 3.78. The van der Waals surface area contributed by atoms with Crippen LogP contribution in [0, 0.1) is 0 Å². The highest BCUT2D eigenvalue weighted by Gasteiger charge is 2.13. The molecule has 0 bridgehead atoms. The first kappa shape index (κ1) is 12.8. The van der Waals surface area contributed by atoms with E-state index in [4.69, 9.17) is 16.7 Å². The highest BCUT2D eigenvalue weighted by Crippen LogP contribution is 2.22. The number of aromatic nitrogens is 2. The monoisotopic (exact) mass is 327 g/mol. The molecule has 0 radical (unpaired) electrons. The molecule has 2 aromatic rings. The summed E-state index contributed by atoms with van der Waals surface area (Å²) in [6, 6.07) is 8.50. The number of anilines is 2. The van der Waals surface area contributed by atoms with Crippen LogP contribution in [0.3, 0.4) is 0 Å². The second-order valence-corrected chi connectivity index (χ2v) is 4.67. The predicted octanol–water partition coefficient (Wildman–Crippen LogP) is 3.33. The molecule has 0 saturated heterocycles. The second-order valence-electron chi connectivity index (χ2n) is 3.37. The van der Waals surface area contributed by atoms with Crippen LogP contribution >= 0.6 is 27.5 Å². The molecule has 0 unspecified atom stereocenters. The van der Waals surface area contributed by atoms with Gasteiger partial charge in [0, 0.05) is 10.2 Å². The van der Waals surface area contributed by atoms with Gasteiger partial charge in [0.15, 0.2) is 11.0 Å². The average molecular weight is 329 g/mol. The van der Waals surface area contributed by atoms with Gasteiger partial charge < -0.3 is 10.4 Å². The van der Waals surface area contributed by atoms with Gasteiger partial charge in [-0.05, 0) is 24.3 Å². The zero-order valence-corrected chi connectivity index (χ0v) is 11.2. The second kappa shape index (κ2) is 5.32. The lowest BCUT2D eigenvalue weighted by Crippen LogP contribution is -2.06. The SMILES string of the molecule is O=C(O)c1cc(Cl)nnc1Nc1cccc(Br)c1. The third kappa shape index (κ3) is 2.96. The zero-order valence-electron chi connectivity index (χ0n) is 8.89. The van der Waals surface area contributed by atoms with Crippen LogP contribution in [-0.4, -0.2) is 21.3 Å². The summed E-state index contributed by atoms with van der Waals surface area (Å²) in [5.41, 5.74) is 0.665. The van der Waals surface area contributed by atoms with E-state index in [1.54, 1.807) is 12.1 Å². The van der Waals surface area contributed by atoms with Gasteiger partial charge in [-0.3, -0.25) is 0 Å². The maximum atomic E-state index is 11.1. The van der Waals surface area contributed by atoms with E-state index >= 15 is 0 Å². The molecule has 7 heteroatoms. The molecule has 0 aliphatic rings. The van der Waals surface area contributed by atoms with E-state index in [0.717, 1.165) is 4.47 Å². The molecule has 0 aliphatic heterocycles. The molecule has 1 heterocycles. The highest BCUT2D eigenvalue weighted by molar-refractivity contribution is 9.10. The summed E-state index contributed by atoms with van der Waals surface area (Å²) in [4.78, 5) is 11.1. The third-order valence-electron chi connectivity index (χ3n) is 2.08. The number of aromatic carboxylic acids is 1. The number of nitrogens with zero attached hydrogens (tertiary/aromatic N) is 2. The summed E-state index contributed by atoms with van der Waals surface area (Å²) in [6.45, 7) is 0. The van der Waals surface area contributed by atoms with E-state index in [1.807, 2.05) is 12.1 Å². The van der Waals surface area contributed by atoms with Crippen LogP contribution in [0.1, 0.15) is 10.4 Å². The molecule has 1 aromatic heterocycles. The van der Waals surface area contributed by atoms with Gasteiger partial charge in [0.05, 0.1) is 0 Å². The maximum absolute atomic E-state index is 11.1. The van der Waals surface area contributed by atoms with Crippen LogP contribution in [0.2, 0.25) is 5.15 Å². The number of carboxylic acid groups (broad SMARTS) is 1. The van der Waals surface area contributed by atoms with Crippen molar-refractivity contribution in [2.45, 2.75) is 0 Å². The van der Waals surface area contributed by atoms with Crippen molar-refractivity contribution in [2.75, 3.05) is 5.32 Å². The molecule has 0 amide bonds. The molecule has 2 N–H and O–H groups in total. The molecule has 0 spiro atoms. The minimum Gasteiger partial charge on any atom is -0.478 e. The zero-order chi connectivity index (χ0) is 13.1. The fourth-order valence-corrected chi connectivity index (χ4v) is 1.87. The van der Waals surface area contributed by atoms with Crippen LogP contribution in [-0.2, 0) is 0 Å². The Morgan fingerprint density at radius 1 is 1.33 bits per heavy atom. The first-order valence-electron chi connectivity index (χ1n) is 4.85. The van der Waals surface area contributed by atoms with Gasteiger partial charge in [-0.1, -0.05) is 33.6 Å². The standard InChI is InChI=1S/C11H7BrClN3O2/c12-6-2-1-3-7(4-6)14-10-8(11(17)18)5-9(13)15-16-10/h1-5H,(H,14,16)(H,17,18). The molecular weight excluding hydrogens is 321 g/mol. The molecule has 92 valence electrons. The van der Waals surface area contributed by atoms with Gasteiger partial charge in [-0.25, -0.2) is 4.79 Å². The van der Waals surface area contributed by atoms with Crippen molar-refractivity contribution in [1.29, 1.82) is 0 Å². The van der Waals surface area contributed by atoms with E-state index in [-0.39, 0.29) is 16.5 Å². The Balaban J connectivity index is 2.37. The minimum absolute atomic E-state index is 0.0324. The third-order valence-corrected chi connectivity index (χ3v) is 2.76. The molecule has 0 fully saturated rings. The minimum atomic E-state index is -1.12. The topological polar surface area (TPSA) is 75.1 Å². The predicted molar refractivity (Wildman–Crippen MR) is 71.4 cm³/mol. The maximum Gasteiger partial charge on any atom is 0.339 e. The number of benzene rings is 1. The Hall–Kier alpha value is -1.66. The Morgan fingerprint density at radius 3 is 2.78 bits per heavy atom. The summed E-state index contributed by atoms with van der Waals surface area (Å²) in [5, 5.41) is 19.3. The fraction of sp³-hybridized carbons (Fsp3) is 0. The largest absolute Gasteiger partial charge is 0.478 e. The molecule has 5 nitrogen and oxygen atoms in total. The lowest BCUT2D eigenvalue weighted by atomic mass is 10.2. The van der Waals surface area contributed by atoms with Crippen molar-refractivity contribution in [2.24, 2.45) is 0 Å². The van der Waals surface area contributed by atoms with E-state index in [1.165, 1.54) is 6.07 Å². The van der Waals surface area contributed by atoms with Gasteiger partial charge in [-0.15, -0.1) is 10.2 Å². The lowest BCUT2D eigenvalue weighted by Gasteiger charge is -2.08. The van der Waals surface area contributed by atoms with Gasteiger partial charge in [-0.2, -0.15) is 0 Å². The summed E-state index contributed by atoms with van der Waals surface area (Å²) < 4.78 is 0.867. The molecule has 0 saturated carbocycles. The van der Waals surface area contributed by atoms with Crippen molar-refractivity contribution in [3.8, 4) is 0 Å². The number of carbonyl (C=O) groups is 1. The summed E-state index contributed by atoms with van der Waals surface area (Å²) in [6.07, 6.45) is 0. The molecular formula is C11H7BrClN3O2. The van der Waals surface area contributed by atoms with E-state index in [9.17, 15) is 4.79 Å². The van der Waals surface area contributed by atoms with E-state index < -0.39 is 5.97 Å². The highest BCUT2D eigenvalue weighted by atomic mass is 79.9. The number of halogens is 2. The quantitative estimate of drug-likeness (QED) is 0.904. The molecule has 18 heavy (non-hydrogen) atoms. The Bertz CT molecular complexity index is 607. The van der Waals surface area contributed by atoms with Crippen molar-refractivity contribution < 1.29 is 9.90 Å². The number of hydrogen-bond acceptors (Lipinski definition) is 4. The molecule has 1 aromatic carbocycles. The van der Waals surface area contributed by atoms with Crippen molar-refractivity contribution >= 4 is 45.0 Å². The van der Waals surface area contributed by atoms with E-state index in [0.29, 0.717) is 5.69 Å². The van der Waals surface area contributed by atoms with Gasteiger partial charge >= 0.3 is 5.97 Å². The summed E-state index contributed by atoms with van der Waals surface area (Å²) in [7, 11) is 0. The fourth-order valence-electron chi connectivity index (χ4n) is 1.33. The van der Waals surface area contributed by atoms with E-state index in [2.05, 4.69) is 31.4 Å². The van der Waals surface area contributed by atoms with Crippen molar-refractivity contribution in [1.82, 2.24) is 10.2 Å². The number of carboxylic acids is 1. The summed E-state index contributed by atoms with van der Waals surface area (Å²) >= 11 is 8.94. The van der Waals surface area contributed by atoms with Gasteiger partial charge in [0.1, 0.15) is 5.56 Å². The first-order chi connectivity index (χ1) is 8.56. The van der Waals surface area contributed by atoms with Gasteiger partial charge in [0.2, 0.25) is 0 Å². The van der Waals surface area contributed by atoms with Crippen LogP contribution in [0.5, 0.6) is 0 Å². The average Bonchev–Trinajstić information content (AvgIpc) is 2.31.